The zero-order valence-corrected chi connectivity index (χ0v) is 15.7. The molecule has 5 N–H and O–H groups in total. The minimum absolute atomic E-state index is 0.276. The van der Waals surface area contributed by atoms with E-state index in [1.165, 1.54) is 0 Å². The fraction of sp³-hybridized carbons (Fsp3) is 0.200. The van der Waals surface area contributed by atoms with E-state index in [4.69, 9.17) is 22.7 Å². The van der Waals surface area contributed by atoms with E-state index in [1.54, 1.807) is 26.0 Å². The molecule has 0 fully saturated rings. The Kier molecular flexibility index (Phi) is 6.81. The minimum atomic E-state index is -0.276. The Morgan fingerprint density at radius 3 is 2.15 bits per heavy atom. The summed E-state index contributed by atoms with van der Waals surface area (Å²) in [5.74, 6) is 0. The second-order valence-electron chi connectivity index (χ2n) is 6.09. The maximum absolute atomic E-state index is 12.0. The zero-order chi connectivity index (χ0) is 19.1. The molecule has 2 aromatic carbocycles. The molecule has 2 aromatic rings. The number of carbonyl (C=O) groups is 1. The second-order valence-corrected chi connectivity index (χ2v) is 6.53. The predicted molar refractivity (Wildman–Crippen MR) is 108 cm³/mol. The molecule has 2 amide bonds. The third kappa shape index (κ3) is 5.93. The molecule has 0 atom stereocenters. The molecule has 2 rings (SSSR count). The average Bonchev–Trinajstić information content (AvgIpc) is 2.60. The van der Waals surface area contributed by atoms with E-state index in [2.05, 4.69) is 10.6 Å². The van der Waals surface area contributed by atoms with E-state index in [0.29, 0.717) is 35.1 Å². The SMILES string of the molecule is CC(=N)/C(Cc1ccc(NC(=O)NCc2ccc(Cl)cc2)cc1)=C(/C)N. The molecule has 0 aliphatic heterocycles. The van der Waals surface area contributed by atoms with Crippen molar-refractivity contribution in [2.45, 2.75) is 26.8 Å². The summed E-state index contributed by atoms with van der Waals surface area (Å²) in [4.78, 5) is 12.0. The second kappa shape index (κ2) is 9.06. The van der Waals surface area contributed by atoms with Gasteiger partial charge in [0.05, 0.1) is 0 Å². The highest BCUT2D eigenvalue weighted by Crippen LogP contribution is 2.15. The summed E-state index contributed by atoms with van der Waals surface area (Å²) in [7, 11) is 0. The van der Waals surface area contributed by atoms with Crippen LogP contribution in [0.1, 0.15) is 25.0 Å². The Morgan fingerprint density at radius 1 is 1.04 bits per heavy atom. The Hall–Kier alpha value is -2.79. The van der Waals surface area contributed by atoms with E-state index >= 15 is 0 Å². The maximum atomic E-state index is 12.0. The van der Waals surface area contributed by atoms with Crippen molar-refractivity contribution in [2.75, 3.05) is 5.32 Å². The van der Waals surface area contributed by atoms with Crippen LogP contribution in [-0.2, 0) is 13.0 Å². The molecule has 0 unspecified atom stereocenters. The average molecular weight is 371 g/mol. The fourth-order valence-electron chi connectivity index (χ4n) is 2.44. The minimum Gasteiger partial charge on any atom is -0.402 e. The number of rotatable bonds is 6. The molecule has 136 valence electrons. The smallest absolute Gasteiger partial charge is 0.319 e. The van der Waals surface area contributed by atoms with E-state index in [9.17, 15) is 4.79 Å². The first-order valence-corrected chi connectivity index (χ1v) is 8.62. The highest BCUT2D eigenvalue weighted by Gasteiger charge is 2.06. The number of hydrogen-bond acceptors (Lipinski definition) is 3. The summed E-state index contributed by atoms with van der Waals surface area (Å²) in [6.45, 7) is 3.95. The molecule has 0 aliphatic rings. The summed E-state index contributed by atoms with van der Waals surface area (Å²) in [5.41, 5.74) is 10.5. The highest BCUT2D eigenvalue weighted by atomic mass is 35.5. The lowest BCUT2D eigenvalue weighted by Crippen LogP contribution is -2.28. The first-order chi connectivity index (χ1) is 12.3. The maximum Gasteiger partial charge on any atom is 0.319 e. The van der Waals surface area contributed by atoms with Crippen LogP contribution in [0.25, 0.3) is 0 Å². The van der Waals surface area contributed by atoms with Crippen molar-refractivity contribution in [3.8, 4) is 0 Å². The molecule has 5 nitrogen and oxygen atoms in total. The largest absolute Gasteiger partial charge is 0.402 e. The highest BCUT2D eigenvalue weighted by molar-refractivity contribution is 6.30. The lowest BCUT2D eigenvalue weighted by atomic mass is 10.00. The predicted octanol–water partition coefficient (Wildman–Crippen LogP) is 4.48. The first kappa shape index (κ1) is 19.5. The Labute approximate surface area is 158 Å². The molecular weight excluding hydrogens is 348 g/mol. The van der Waals surface area contributed by atoms with E-state index in [0.717, 1.165) is 16.7 Å². The Balaban J connectivity index is 1.90. The molecule has 0 spiro atoms. The van der Waals surface area contributed by atoms with E-state index in [1.807, 2.05) is 36.4 Å². The van der Waals surface area contributed by atoms with Crippen LogP contribution >= 0.6 is 11.6 Å². The van der Waals surface area contributed by atoms with Crippen LogP contribution < -0.4 is 16.4 Å². The third-order valence-corrected chi connectivity index (χ3v) is 4.14. The number of benzene rings is 2. The van der Waals surface area contributed by atoms with Gasteiger partial charge in [-0.2, -0.15) is 0 Å². The van der Waals surface area contributed by atoms with Crippen LogP contribution in [0.15, 0.2) is 59.8 Å². The van der Waals surface area contributed by atoms with Gasteiger partial charge in [-0.3, -0.25) is 0 Å². The Morgan fingerprint density at radius 2 is 1.62 bits per heavy atom. The fourth-order valence-corrected chi connectivity index (χ4v) is 2.56. The van der Waals surface area contributed by atoms with Crippen molar-refractivity contribution in [2.24, 2.45) is 5.73 Å². The number of nitrogens with two attached hydrogens (primary N) is 1. The van der Waals surface area contributed by atoms with Gasteiger partial charge in [-0.15, -0.1) is 0 Å². The molecular formula is C20H23ClN4O. The van der Waals surface area contributed by atoms with Crippen molar-refractivity contribution in [3.05, 3.63) is 76.0 Å². The summed E-state index contributed by atoms with van der Waals surface area (Å²) >= 11 is 5.84. The van der Waals surface area contributed by atoms with Crippen LogP contribution in [-0.4, -0.2) is 11.7 Å². The van der Waals surface area contributed by atoms with E-state index in [-0.39, 0.29) is 6.03 Å². The van der Waals surface area contributed by atoms with Gasteiger partial charge in [-0.1, -0.05) is 35.9 Å². The van der Waals surface area contributed by atoms with Gasteiger partial charge in [-0.25, -0.2) is 4.79 Å². The van der Waals surface area contributed by atoms with Gasteiger partial charge in [0, 0.05) is 35.1 Å². The molecule has 0 aromatic heterocycles. The number of amides is 2. The first-order valence-electron chi connectivity index (χ1n) is 8.24. The summed E-state index contributed by atoms with van der Waals surface area (Å²) in [6, 6.07) is 14.5. The van der Waals surface area contributed by atoms with Crippen molar-refractivity contribution in [1.29, 1.82) is 5.41 Å². The number of allylic oxidation sites excluding steroid dienone is 2. The number of hydrogen-bond donors (Lipinski definition) is 4. The van der Waals surface area contributed by atoms with Gasteiger partial charge in [-0.05, 0) is 54.8 Å². The Bertz CT molecular complexity index is 807. The third-order valence-electron chi connectivity index (χ3n) is 3.89. The number of carbonyl (C=O) groups excluding carboxylic acids is 1. The lowest BCUT2D eigenvalue weighted by Gasteiger charge is -2.10. The van der Waals surface area contributed by atoms with Gasteiger partial charge in [0.25, 0.3) is 0 Å². The molecule has 0 radical (unpaired) electrons. The number of urea groups is 1. The molecule has 26 heavy (non-hydrogen) atoms. The van der Waals surface area contributed by atoms with Crippen LogP contribution in [0.4, 0.5) is 10.5 Å². The monoisotopic (exact) mass is 370 g/mol. The van der Waals surface area contributed by atoms with Crippen molar-refractivity contribution in [3.63, 3.8) is 0 Å². The van der Waals surface area contributed by atoms with Gasteiger partial charge in [0.15, 0.2) is 0 Å². The van der Waals surface area contributed by atoms with Crippen molar-refractivity contribution < 1.29 is 4.79 Å². The molecule has 0 saturated carbocycles. The molecule has 0 heterocycles. The quantitative estimate of drug-likeness (QED) is 0.565. The summed E-state index contributed by atoms with van der Waals surface area (Å²) < 4.78 is 0. The van der Waals surface area contributed by atoms with Gasteiger partial charge >= 0.3 is 6.03 Å². The molecule has 0 saturated heterocycles. The van der Waals surface area contributed by atoms with E-state index < -0.39 is 0 Å². The van der Waals surface area contributed by atoms with Crippen LogP contribution in [0.2, 0.25) is 5.02 Å². The summed E-state index contributed by atoms with van der Waals surface area (Å²) in [5, 5.41) is 14.0. The van der Waals surface area contributed by atoms with Gasteiger partial charge in [0.1, 0.15) is 0 Å². The van der Waals surface area contributed by atoms with Crippen LogP contribution in [0.5, 0.6) is 0 Å². The van der Waals surface area contributed by atoms with Crippen LogP contribution in [0.3, 0.4) is 0 Å². The molecule has 6 heteroatoms. The number of nitrogens with one attached hydrogen (secondary N) is 3. The summed E-state index contributed by atoms with van der Waals surface area (Å²) in [6.07, 6.45) is 0.598. The lowest BCUT2D eigenvalue weighted by molar-refractivity contribution is 0.251. The topological polar surface area (TPSA) is 91.0 Å². The number of halogens is 1. The number of anilines is 1. The standard InChI is InChI=1S/C20H23ClN4O/c1-13(22)19(14(2)23)11-15-5-9-18(10-6-15)25-20(26)24-12-16-3-7-17(21)8-4-16/h3-10,22H,11-12,23H2,1-2H3,(H2,24,25,26)/b19-14-,22-13?. The normalized spacial score (nSPS) is 11.5. The molecule has 0 aliphatic carbocycles. The van der Waals surface area contributed by atoms with Crippen molar-refractivity contribution >= 4 is 29.0 Å². The van der Waals surface area contributed by atoms with Gasteiger partial charge in [0.2, 0.25) is 0 Å². The van der Waals surface area contributed by atoms with Crippen molar-refractivity contribution in [1.82, 2.24) is 5.32 Å². The molecule has 0 bridgehead atoms. The van der Waals surface area contributed by atoms with Crippen LogP contribution in [0, 0.1) is 5.41 Å². The van der Waals surface area contributed by atoms with Gasteiger partial charge < -0.3 is 21.8 Å². The zero-order valence-electron chi connectivity index (χ0n) is 14.9.